The maximum atomic E-state index is 13.5. The molecule has 3 aromatic rings. The first-order valence-electron chi connectivity index (χ1n) is 14.0. The van der Waals surface area contributed by atoms with E-state index in [0.717, 1.165) is 43.5 Å². The average molecular weight is 515 g/mol. The van der Waals surface area contributed by atoms with Crippen molar-refractivity contribution >= 4 is 11.9 Å². The zero-order valence-corrected chi connectivity index (χ0v) is 22.1. The van der Waals surface area contributed by atoms with Crippen LogP contribution in [0.1, 0.15) is 57.2 Å². The van der Waals surface area contributed by atoms with Crippen LogP contribution >= 0.6 is 0 Å². The summed E-state index contributed by atoms with van der Waals surface area (Å²) in [6.07, 6.45) is 12.9. The molecule has 6 nitrogen and oxygen atoms in total. The number of fused-ring (bicyclic) bond motifs is 6. The lowest BCUT2D eigenvalue weighted by molar-refractivity contribution is -0.142. The van der Waals surface area contributed by atoms with Crippen molar-refractivity contribution in [2.75, 3.05) is 0 Å². The van der Waals surface area contributed by atoms with Gasteiger partial charge < -0.3 is 5.11 Å². The van der Waals surface area contributed by atoms with Crippen molar-refractivity contribution in [3.8, 4) is 5.69 Å². The molecule has 7 rings (SSSR count). The summed E-state index contributed by atoms with van der Waals surface area (Å²) in [5, 5.41) is 20.7. The number of rotatable bonds is 4. The molecule has 38 heavy (non-hydrogen) atoms. The summed E-state index contributed by atoms with van der Waals surface area (Å²) in [5.41, 5.74) is 4.19. The second kappa shape index (κ2) is 8.47. The van der Waals surface area contributed by atoms with E-state index in [1.807, 2.05) is 23.1 Å². The highest BCUT2D eigenvalue weighted by Crippen LogP contribution is 2.66. The van der Waals surface area contributed by atoms with Crippen LogP contribution in [0.3, 0.4) is 0 Å². The van der Waals surface area contributed by atoms with Gasteiger partial charge in [0.2, 0.25) is 0 Å². The van der Waals surface area contributed by atoms with Crippen LogP contribution in [0.15, 0.2) is 54.5 Å². The van der Waals surface area contributed by atoms with Gasteiger partial charge in [0.15, 0.2) is 5.78 Å². The zero-order valence-electron chi connectivity index (χ0n) is 22.1. The third-order valence-electron chi connectivity index (χ3n) is 10.8. The standard InChI is InChI=1S/C31H35FN4O2/c1-30-15-19-17-34-36(22-7-5-21(32)6-8-22)26(19)14-20(30)4-9-23-24-10-11-25(28(38)18-35-13-3-12-33-35)31(24,2)16-27(37)29(23)30/h3,5-8,12-14,17,23-25,27,29,37H,4,9-11,15-16,18H2,1-2H3. The predicted octanol–water partition coefficient (Wildman–Crippen LogP) is 5.25. The Balaban J connectivity index is 1.18. The number of hydrogen-bond donors (Lipinski definition) is 1. The molecule has 4 aliphatic rings. The van der Waals surface area contributed by atoms with E-state index in [-0.39, 0.29) is 34.3 Å². The van der Waals surface area contributed by atoms with Gasteiger partial charge in [0, 0.05) is 18.3 Å². The summed E-state index contributed by atoms with van der Waals surface area (Å²) in [6.45, 7) is 4.93. The summed E-state index contributed by atoms with van der Waals surface area (Å²) < 4.78 is 17.2. The minimum atomic E-state index is -0.443. The van der Waals surface area contributed by atoms with E-state index in [0.29, 0.717) is 24.8 Å². The first-order valence-corrected chi connectivity index (χ1v) is 14.0. The van der Waals surface area contributed by atoms with Gasteiger partial charge in [-0.2, -0.15) is 10.2 Å². The average Bonchev–Trinajstić information content (AvgIpc) is 3.61. The molecule has 7 unspecified atom stereocenters. The molecule has 0 saturated heterocycles. The van der Waals surface area contributed by atoms with E-state index in [2.05, 4.69) is 30.1 Å². The van der Waals surface area contributed by atoms with Crippen LogP contribution < -0.4 is 0 Å². The maximum Gasteiger partial charge on any atom is 0.157 e. The zero-order chi connectivity index (χ0) is 26.2. The molecule has 198 valence electrons. The van der Waals surface area contributed by atoms with Gasteiger partial charge in [-0.1, -0.05) is 19.4 Å². The normalized spacial score (nSPS) is 35.6. The fourth-order valence-electron chi connectivity index (χ4n) is 9.17. The highest BCUT2D eigenvalue weighted by atomic mass is 19.1. The van der Waals surface area contributed by atoms with Crippen molar-refractivity contribution in [3.05, 3.63) is 71.6 Å². The number of Topliss-reactive ketones (excluding diaryl/α,β-unsaturated/α-hetero) is 1. The van der Waals surface area contributed by atoms with E-state index in [1.54, 1.807) is 23.0 Å². The molecule has 3 saturated carbocycles. The molecule has 0 radical (unpaired) electrons. The molecule has 0 aliphatic heterocycles. The van der Waals surface area contributed by atoms with Gasteiger partial charge in [-0.25, -0.2) is 9.07 Å². The monoisotopic (exact) mass is 514 g/mol. The molecule has 7 heteroatoms. The Kier molecular flexibility index (Phi) is 5.35. The van der Waals surface area contributed by atoms with E-state index < -0.39 is 6.10 Å². The Bertz CT molecular complexity index is 1410. The second-order valence-electron chi connectivity index (χ2n) is 12.6. The SMILES string of the molecule is CC12Cc3cnn(-c4ccc(F)cc4)c3C=C1CCC1C2C(O)CC2(C)C(C(=O)Cn3cccn3)CCC12. The van der Waals surface area contributed by atoms with Gasteiger partial charge in [-0.15, -0.1) is 0 Å². The van der Waals surface area contributed by atoms with Crippen LogP contribution in [-0.4, -0.2) is 36.6 Å². The fraction of sp³-hybridized carbons (Fsp3) is 0.516. The van der Waals surface area contributed by atoms with Crippen molar-refractivity contribution in [1.29, 1.82) is 0 Å². The van der Waals surface area contributed by atoms with Gasteiger partial charge in [-0.3, -0.25) is 9.48 Å². The van der Waals surface area contributed by atoms with Gasteiger partial charge in [0.05, 0.1) is 30.2 Å². The molecule has 0 amide bonds. The summed E-state index contributed by atoms with van der Waals surface area (Å²) in [7, 11) is 0. The van der Waals surface area contributed by atoms with Crippen molar-refractivity contribution in [2.45, 2.75) is 65.0 Å². The van der Waals surface area contributed by atoms with Gasteiger partial charge in [0.1, 0.15) is 5.82 Å². The van der Waals surface area contributed by atoms with Crippen molar-refractivity contribution < 1.29 is 14.3 Å². The van der Waals surface area contributed by atoms with Crippen molar-refractivity contribution in [2.24, 2.45) is 34.5 Å². The number of nitrogens with zero attached hydrogens (tertiary/aromatic N) is 4. The van der Waals surface area contributed by atoms with E-state index >= 15 is 0 Å². The van der Waals surface area contributed by atoms with Crippen LogP contribution in [0.2, 0.25) is 0 Å². The molecular weight excluding hydrogens is 479 g/mol. The van der Waals surface area contributed by atoms with Gasteiger partial charge in [0.25, 0.3) is 0 Å². The quantitative estimate of drug-likeness (QED) is 0.516. The number of aromatic nitrogens is 4. The lowest BCUT2D eigenvalue weighted by Crippen LogP contribution is -2.57. The molecular formula is C31H35FN4O2. The Morgan fingerprint density at radius 2 is 1.97 bits per heavy atom. The number of aliphatic hydroxyl groups is 1. The largest absolute Gasteiger partial charge is 0.393 e. The topological polar surface area (TPSA) is 72.9 Å². The van der Waals surface area contributed by atoms with Crippen LogP contribution in [-0.2, 0) is 17.8 Å². The lowest BCUT2D eigenvalue weighted by Gasteiger charge is -2.59. The number of allylic oxidation sites excluding steroid dienone is 1. The predicted molar refractivity (Wildman–Crippen MR) is 142 cm³/mol. The molecule has 7 atom stereocenters. The highest BCUT2D eigenvalue weighted by molar-refractivity contribution is 5.82. The van der Waals surface area contributed by atoms with Crippen molar-refractivity contribution in [1.82, 2.24) is 19.6 Å². The third-order valence-corrected chi connectivity index (χ3v) is 10.8. The molecule has 4 aliphatic carbocycles. The second-order valence-corrected chi connectivity index (χ2v) is 12.6. The number of halogens is 1. The number of ketones is 1. The van der Waals surface area contributed by atoms with Crippen LogP contribution in [0.25, 0.3) is 11.8 Å². The van der Waals surface area contributed by atoms with Crippen LogP contribution in [0, 0.1) is 40.3 Å². The molecule has 0 spiro atoms. The Labute approximate surface area is 222 Å². The number of carbonyl (C=O) groups is 1. The van der Waals surface area contributed by atoms with E-state index in [4.69, 9.17) is 0 Å². The summed E-state index contributed by atoms with van der Waals surface area (Å²) in [4.78, 5) is 13.4. The molecule has 2 aromatic heterocycles. The van der Waals surface area contributed by atoms with Crippen molar-refractivity contribution in [3.63, 3.8) is 0 Å². The minimum Gasteiger partial charge on any atom is -0.393 e. The molecule has 2 heterocycles. The van der Waals surface area contributed by atoms with Crippen LogP contribution in [0.4, 0.5) is 4.39 Å². The summed E-state index contributed by atoms with van der Waals surface area (Å²) >= 11 is 0. The number of benzene rings is 1. The molecule has 3 fully saturated rings. The Hall–Kier alpha value is -3.06. The third kappa shape index (κ3) is 3.43. The number of carbonyl (C=O) groups excluding carboxylic acids is 1. The van der Waals surface area contributed by atoms with Gasteiger partial charge in [-0.05, 0) is 109 Å². The Morgan fingerprint density at radius 1 is 1.16 bits per heavy atom. The summed E-state index contributed by atoms with van der Waals surface area (Å²) in [6, 6.07) is 8.33. The fourth-order valence-corrected chi connectivity index (χ4v) is 9.17. The first-order chi connectivity index (χ1) is 18.3. The maximum absolute atomic E-state index is 13.5. The molecule has 1 N–H and O–H groups in total. The first kappa shape index (κ1) is 24.0. The molecule has 0 bridgehead atoms. The van der Waals surface area contributed by atoms with E-state index in [9.17, 15) is 14.3 Å². The molecule has 1 aromatic carbocycles. The smallest absolute Gasteiger partial charge is 0.157 e. The summed E-state index contributed by atoms with van der Waals surface area (Å²) in [5.74, 6) is 0.995. The number of hydrogen-bond acceptors (Lipinski definition) is 4. The lowest BCUT2D eigenvalue weighted by atomic mass is 9.46. The van der Waals surface area contributed by atoms with Crippen LogP contribution in [0.5, 0.6) is 0 Å². The number of aliphatic hydroxyl groups excluding tert-OH is 1. The minimum absolute atomic E-state index is 0.0241. The Morgan fingerprint density at radius 3 is 2.74 bits per heavy atom. The van der Waals surface area contributed by atoms with E-state index in [1.165, 1.54) is 23.3 Å². The van der Waals surface area contributed by atoms with Gasteiger partial charge >= 0.3 is 0 Å². The highest BCUT2D eigenvalue weighted by Gasteiger charge is 2.63.